The summed E-state index contributed by atoms with van der Waals surface area (Å²) in [4.78, 5) is 4.76. The van der Waals surface area contributed by atoms with Crippen molar-refractivity contribution in [1.29, 1.82) is 0 Å². The molecule has 0 aliphatic rings. The van der Waals surface area contributed by atoms with Crippen molar-refractivity contribution in [3.05, 3.63) is 47.3 Å². The number of benzene rings is 1. The molecule has 90 valence electrons. The van der Waals surface area contributed by atoms with Crippen molar-refractivity contribution < 1.29 is 5.11 Å². The fourth-order valence-electron chi connectivity index (χ4n) is 1.74. The average Bonchev–Trinajstić information content (AvgIpc) is 2.79. The van der Waals surface area contributed by atoms with Crippen molar-refractivity contribution in [2.45, 2.75) is 6.54 Å². The van der Waals surface area contributed by atoms with Gasteiger partial charge in [-0.2, -0.15) is 0 Å². The zero-order valence-electron chi connectivity index (χ0n) is 9.97. The smallest absolute Gasteiger partial charge is 0.0558 e. The molecule has 0 aliphatic heterocycles. The zero-order valence-corrected chi connectivity index (χ0v) is 10.8. The van der Waals surface area contributed by atoms with Crippen molar-refractivity contribution in [2.75, 3.05) is 20.2 Å². The molecular formula is C14H17NOS. The van der Waals surface area contributed by atoms with Crippen molar-refractivity contribution in [1.82, 2.24) is 4.90 Å². The molecule has 0 spiro atoms. The standard InChI is InChI=1S/C14H17NOS/c1-15(9-10-16)11-13-7-8-14(17-13)12-5-3-2-4-6-12/h2-8,16H,9-11H2,1H3. The average molecular weight is 247 g/mol. The minimum atomic E-state index is 0.216. The molecule has 17 heavy (non-hydrogen) atoms. The summed E-state index contributed by atoms with van der Waals surface area (Å²) < 4.78 is 0. The molecule has 2 nitrogen and oxygen atoms in total. The molecule has 0 unspecified atom stereocenters. The van der Waals surface area contributed by atoms with Crippen molar-refractivity contribution in [3.63, 3.8) is 0 Å². The second kappa shape index (κ2) is 5.96. The number of hydrogen-bond acceptors (Lipinski definition) is 3. The van der Waals surface area contributed by atoms with Crippen LogP contribution in [0.3, 0.4) is 0 Å². The van der Waals surface area contributed by atoms with E-state index in [1.165, 1.54) is 15.3 Å². The molecule has 1 aromatic heterocycles. The van der Waals surface area contributed by atoms with Gasteiger partial charge in [-0.3, -0.25) is 4.90 Å². The predicted octanol–water partition coefficient (Wildman–Crippen LogP) is 2.84. The van der Waals surface area contributed by atoms with Crippen LogP contribution in [-0.2, 0) is 6.54 Å². The number of nitrogens with zero attached hydrogens (tertiary/aromatic N) is 1. The predicted molar refractivity (Wildman–Crippen MR) is 73.2 cm³/mol. The van der Waals surface area contributed by atoms with Gasteiger partial charge < -0.3 is 5.11 Å². The topological polar surface area (TPSA) is 23.5 Å². The molecule has 0 radical (unpaired) electrons. The molecule has 1 heterocycles. The Labute approximate surface area is 106 Å². The van der Waals surface area contributed by atoms with E-state index in [9.17, 15) is 0 Å². The van der Waals surface area contributed by atoms with Gasteiger partial charge in [-0.25, -0.2) is 0 Å². The van der Waals surface area contributed by atoms with Crippen LogP contribution in [-0.4, -0.2) is 30.2 Å². The van der Waals surface area contributed by atoms with E-state index in [0.717, 1.165) is 13.1 Å². The summed E-state index contributed by atoms with van der Waals surface area (Å²) >= 11 is 1.82. The summed E-state index contributed by atoms with van der Waals surface area (Å²) in [5.41, 5.74) is 1.27. The van der Waals surface area contributed by atoms with E-state index in [1.54, 1.807) is 0 Å². The summed E-state index contributed by atoms with van der Waals surface area (Å²) in [6.07, 6.45) is 0. The van der Waals surface area contributed by atoms with Gasteiger partial charge in [-0.15, -0.1) is 11.3 Å². The number of aliphatic hydroxyl groups excluding tert-OH is 1. The minimum Gasteiger partial charge on any atom is -0.395 e. The maximum atomic E-state index is 8.86. The second-order valence-corrected chi connectivity index (χ2v) is 5.26. The zero-order chi connectivity index (χ0) is 12.1. The first kappa shape index (κ1) is 12.3. The molecular weight excluding hydrogens is 230 g/mol. The highest BCUT2D eigenvalue weighted by Gasteiger charge is 2.04. The van der Waals surface area contributed by atoms with Gasteiger partial charge in [0.25, 0.3) is 0 Å². The third kappa shape index (κ3) is 3.40. The lowest BCUT2D eigenvalue weighted by molar-refractivity contribution is 0.218. The monoisotopic (exact) mass is 247 g/mol. The molecule has 1 N–H and O–H groups in total. The van der Waals surface area contributed by atoms with E-state index in [-0.39, 0.29) is 6.61 Å². The van der Waals surface area contributed by atoms with E-state index in [4.69, 9.17) is 5.11 Å². The number of likely N-dealkylation sites (N-methyl/N-ethyl adjacent to an activating group) is 1. The highest BCUT2D eigenvalue weighted by atomic mass is 32.1. The first-order valence-electron chi connectivity index (χ1n) is 5.73. The van der Waals surface area contributed by atoms with Crippen LogP contribution in [0.4, 0.5) is 0 Å². The lowest BCUT2D eigenvalue weighted by Gasteiger charge is -2.12. The molecule has 0 saturated carbocycles. The highest BCUT2D eigenvalue weighted by molar-refractivity contribution is 7.15. The van der Waals surface area contributed by atoms with Gasteiger partial charge in [0.15, 0.2) is 0 Å². The first-order valence-corrected chi connectivity index (χ1v) is 6.55. The van der Waals surface area contributed by atoms with Crippen LogP contribution in [0.2, 0.25) is 0 Å². The Morgan fingerprint density at radius 2 is 1.88 bits per heavy atom. The van der Waals surface area contributed by atoms with Crippen LogP contribution in [0.25, 0.3) is 10.4 Å². The molecule has 3 heteroatoms. The van der Waals surface area contributed by atoms with Crippen molar-refractivity contribution in [2.24, 2.45) is 0 Å². The summed E-state index contributed by atoms with van der Waals surface area (Å²) in [7, 11) is 2.03. The lowest BCUT2D eigenvalue weighted by atomic mass is 10.2. The van der Waals surface area contributed by atoms with E-state index in [1.807, 2.05) is 24.5 Å². The Morgan fingerprint density at radius 3 is 2.59 bits per heavy atom. The Morgan fingerprint density at radius 1 is 1.12 bits per heavy atom. The van der Waals surface area contributed by atoms with Crippen LogP contribution in [0.1, 0.15) is 4.88 Å². The fraction of sp³-hybridized carbons (Fsp3) is 0.286. The summed E-state index contributed by atoms with van der Waals surface area (Å²) in [6, 6.07) is 14.8. The summed E-state index contributed by atoms with van der Waals surface area (Å²) in [5, 5.41) is 8.86. The molecule has 0 amide bonds. The molecule has 0 bridgehead atoms. The molecule has 2 aromatic rings. The quantitative estimate of drug-likeness (QED) is 0.878. The van der Waals surface area contributed by atoms with Gasteiger partial charge in [-0.1, -0.05) is 30.3 Å². The molecule has 0 saturated heterocycles. The van der Waals surface area contributed by atoms with Gasteiger partial charge in [-0.05, 0) is 24.7 Å². The van der Waals surface area contributed by atoms with Gasteiger partial charge in [0.2, 0.25) is 0 Å². The van der Waals surface area contributed by atoms with Gasteiger partial charge >= 0.3 is 0 Å². The number of thiophene rings is 1. The third-order valence-electron chi connectivity index (χ3n) is 2.63. The van der Waals surface area contributed by atoms with E-state index in [2.05, 4.69) is 41.3 Å². The third-order valence-corrected chi connectivity index (χ3v) is 3.75. The van der Waals surface area contributed by atoms with Gasteiger partial charge in [0, 0.05) is 22.8 Å². The molecule has 0 aliphatic carbocycles. The van der Waals surface area contributed by atoms with E-state index in [0.29, 0.717) is 0 Å². The summed E-state index contributed by atoms with van der Waals surface area (Å²) in [6.45, 7) is 1.84. The van der Waals surface area contributed by atoms with E-state index < -0.39 is 0 Å². The normalized spacial score (nSPS) is 11.0. The van der Waals surface area contributed by atoms with Crippen molar-refractivity contribution in [3.8, 4) is 10.4 Å². The SMILES string of the molecule is CN(CCO)Cc1ccc(-c2ccccc2)s1. The molecule has 2 rings (SSSR count). The summed E-state index contributed by atoms with van der Waals surface area (Å²) in [5.74, 6) is 0. The second-order valence-electron chi connectivity index (χ2n) is 4.09. The Kier molecular flexibility index (Phi) is 4.31. The number of hydrogen-bond donors (Lipinski definition) is 1. The Bertz CT molecular complexity index is 452. The Hall–Kier alpha value is -1.16. The first-order chi connectivity index (χ1) is 8.29. The maximum Gasteiger partial charge on any atom is 0.0558 e. The maximum absolute atomic E-state index is 8.86. The van der Waals surface area contributed by atoms with Crippen LogP contribution < -0.4 is 0 Å². The van der Waals surface area contributed by atoms with Gasteiger partial charge in [0.05, 0.1) is 6.61 Å². The largest absolute Gasteiger partial charge is 0.395 e. The molecule has 0 atom stereocenters. The van der Waals surface area contributed by atoms with Crippen molar-refractivity contribution >= 4 is 11.3 Å². The lowest BCUT2D eigenvalue weighted by Crippen LogP contribution is -2.20. The Balaban J connectivity index is 2.06. The fourth-order valence-corrected chi connectivity index (χ4v) is 2.83. The minimum absolute atomic E-state index is 0.216. The highest BCUT2D eigenvalue weighted by Crippen LogP contribution is 2.28. The molecule has 1 aromatic carbocycles. The number of aliphatic hydroxyl groups is 1. The van der Waals surface area contributed by atoms with Crippen LogP contribution in [0.5, 0.6) is 0 Å². The van der Waals surface area contributed by atoms with Crippen LogP contribution >= 0.6 is 11.3 Å². The molecule has 0 fully saturated rings. The van der Waals surface area contributed by atoms with Crippen LogP contribution in [0.15, 0.2) is 42.5 Å². The van der Waals surface area contributed by atoms with E-state index >= 15 is 0 Å². The van der Waals surface area contributed by atoms with Crippen LogP contribution in [0, 0.1) is 0 Å². The van der Waals surface area contributed by atoms with Gasteiger partial charge in [0.1, 0.15) is 0 Å². The number of rotatable bonds is 5.